The second-order valence-corrected chi connectivity index (χ2v) is 3.90. The largest absolute Gasteiger partial charge is 0.396 e. The van der Waals surface area contributed by atoms with Crippen molar-refractivity contribution in [3.05, 3.63) is 30.0 Å². The van der Waals surface area contributed by atoms with Gasteiger partial charge in [0, 0.05) is 32.2 Å². The van der Waals surface area contributed by atoms with E-state index >= 15 is 0 Å². The second-order valence-electron chi connectivity index (χ2n) is 3.90. The van der Waals surface area contributed by atoms with E-state index in [4.69, 9.17) is 5.73 Å². The van der Waals surface area contributed by atoms with E-state index in [0.717, 1.165) is 17.2 Å². The number of rotatable bonds is 4. The Balaban J connectivity index is 2.97. The zero-order valence-electron chi connectivity index (χ0n) is 10.7. The smallest absolute Gasteiger partial charge is 0.146 e. The highest BCUT2D eigenvalue weighted by molar-refractivity contribution is 5.68. The Morgan fingerprint density at radius 2 is 2.24 bits per heavy atom. The molecule has 5 nitrogen and oxygen atoms in total. The summed E-state index contributed by atoms with van der Waals surface area (Å²) < 4.78 is 0. The number of nitrogens with one attached hydrogen (secondary N) is 1. The minimum Gasteiger partial charge on any atom is -0.396 e. The van der Waals surface area contributed by atoms with E-state index in [-0.39, 0.29) is 0 Å². The van der Waals surface area contributed by atoms with Crippen LogP contribution in [0.4, 0.5) is 11.4 Å². The van der Waals surface area contributed by atoms with Gasteiger partial charge in [-0.25, -0.2) is 4.99 Å². The summed E-state index contributed by atoms with van der Waals surface area (Å²) in [6.45, 7) is 3.79. The average molecular weight is 233 g/mol. The molecule has 0 unspecified atom stereocenters. The van der Waals surface area contributed by atoms with Crippen LogP contribution in [0.3, 0.4) is 0 Å². The Labute approximate surface area is 102 Å². The monoisotopic (exact) mass is 233 g/mol. The van der Waals surface area contributed by atoms with Crippen LogP contribution in [0, 0.1) is 6.92 Å². The third-order valence-corrected chi connectivity index (χ3v) is 1.98. The van der Waals surface area contributed by atoms with Crippen LogP contribution in [0.5, 0.6) is 0 Å². The quantitative estimate of drug-likeness (QED) is 0.779. The molecule has 0 aromatic carbocycles. The molecule has 0 aliphatic rings. The van der Waals surface area contributed by atoms with Gasteiger partial charge in [-0.05, 0) is 19.9 Å². The van der Waals surface area contributed by atoms with E-state index in [1.54, 1.807) is 12.4 Å². The van der Waals surface area contributed by atoms with Crippen LogP contribution in [0.2, 0.25) is 0 Å². The first-order chi connectivity index (χ1) is 8.02. The zero-order valence-corrected chi connectivity index (χ0v) is 10.7. The molecular formula is C12H19N5. The molecule has 1 aromatic rings. The summed E-state index contributed by atoms with van der Waals surface area (Å²) in [4.78, 5) is 10.3. The summed E-state index contributed by atoms with van der Waals surface area (Å²) >= 11 is 0. The highest BCUT2D eigenvalue weighted by atomic mass is 15.1. The summed E-state index contributed by atoms with van der Waals surface area (Å²) in [5, 5.41) is 3.18. The van der Waals surface area contributed by atoms with Crippen LogP contribution < -0.4 is 11.1 Å². The molecule has 1 aromatic heterocycles. The van der Waals surface area contributed by atoms with Gasteiger partial charge in [-0.15, -0.1) is 0 Å². The summed E-state index contributed by atoms with van der Waals surface area (Å²) in [6.07, 6.45) is 5.25. The first kappa shape index (κ1) is 13.0. The maximum absolute atomic E-state index is 5.85. The predicted molar refractivity (Wildman–Crippen MR) is 72.9 cm³/mol. The van der Waals surface area contributed by atoms with Gasteiger partial charge in [-0.2, -0.15) is 0 Å². The molecule has 0 radical (unpaired) electrons. The molecule has 0 spiro atoms. The molecule has 0 saturated carbocycles. The van der Waals surface area contributed by atoms with Crippen LogP contribution in [-0.4, -0.2) is 30.2 Å². The van der Waals surface area contributed by atoms with Crippen molar-refractivity contribution in [2.24, 2.45) is 4.99 Å². The highest BCUT2D eigenvalue weighted by Crippen LogP contribution is 2.19. The van der Waals surface area contributed by atoms with Crippen molar-refractivity contribution in [2.75, 3.05) is 25.1 Å². The van der Waals surface area contributed by atoms with Gasteiger partial charge in [0.15, 0.2) is 0 Å². The Morgan fingerprint density at radius 1 is 1.53 bits per heavy atom. The standard InChI is InChI=1S/C12H19N5/c1-5-14-12(8-17(3)4)16-11-6-9(2)15-7-10(11)13/h5-8H,13H2,1-4H3,(H,15,16)/b12-8+,14-5-. The lowest BCUT2D eigenvalue weighted by atomic mass is 10.3. The molecule has 0 fully saturated rings. The minimum absolute atomic E-state index is 0.603. The van der Waals surface area contributed by atoms with Crippen molar-refractivity contribution < 1.29 is 0 Å². The number of nitrogens with zero attached hydrogens (tertiary/aromatic N) is 3. The Morgan fingerprint density at radius 3 is 2.82 bits per heavy atom. The van der Waals surface area contributed by atoms with Gasteiger partial charge >= 0.3 is 0 Å². The van der Waals surface area contributed by atoms with Crippen molar-refractivity contribution in [1.29, 1.82) is 0 Å². The fourth-order valence-electron chi connectivity index (χ4n) is 1.30. The molecule has 5 heteroatoms. The number of hydrogen-bond donors (Lipinski definition) is 2. The molecule has 0 amide bonds. The van der Waals surface area contributed by atoms with Gasteiger partial charge in [-0.1, -0.05) is 0 Å². The maximum atomic E-state index is 5.85. The predicted octanol–water partition coefficient (Wildman–Crippen LogP) is 1.84. The van der Waals surface area contributed by atoms with Gasteiger partial charge < -0.3 is 16.0 Å². The molecule has 0 aliphatic carbocycles. The summed E-state index contributed by atoms with van der Waals surface area (Å²) in [7, 11) is 3.88. The lowest BCUT2D eigenvalue weighted by Crippen LogP contribution is -2.08. The molecule has 0 bridgehead atoms. The van der Waals surface area contributed by atoms with E-state index in [0.29, 0.717) is 5.69 Å². The van der Waals surface area contributed by atoms with Crippen LogP contribution in [-0.2, 0) is 0 Å². The van der Waals surface area contributed by atoms with Crippen LogP contribution in [0.15, 0.2) is 29.3 Å². The molecule has 0 saturated heterocycles. The number of hydrogen-bond acceptors (Lipinski definition) is 5. The van der Waals surface area contributed by atoms with E-state index in [9.17, 15) is 0 Å². The molecule has 1 rings (SSSR count). The van der Waals surface area contributed by atoms with Crippen molar-refractivity contribution in [2.45, 2.75) is 13.8 Å². The molecule has 1 heterocycles. The number of nitrogens with two attached hydrogens (primary N) is 1. The van der Waals surface area contributed by atoms with E-state index in [1.165, 1.54) is 0 Å². The topological polar surface area (TPSA) is 66.5 Å². The number of anilines is 2. The molecule has 17 heavy (non-hydrogen) atoms. The Bertz CT molecular complexity index is 435. The molecule has 3 N–H and O–H groups in total. The maximum Gasteiger partial charge on any atom is 0.146 e. The van der Waals surface area contributed by atoms with Gasteiger partial charge in [0.05, 0.1) is 17.6 Å². The molecule has 92 valence electrons. The lowest BCUT2D eigenvalue weighted by Gasteiger charge is -2.12. The first-order valence-corrected chi connectivity index (χ1v) is 5.39. The fraction of sp³-hybridized carbons (Fsp3) is 0.333. The normalized spacial score (nSPS) is 11.9. The number of aromatic nitrogens is 1. The third-order valence-electron chi connectivity index (χ3n) is 1.98. The minimum atomic E-state index is 0.603. The summed E-state index contributed by atoms with van der Waals surface area (Å²) in [5.74, 6) is 0.731. The van der Waals surface area contributed by atoms with Crippen molar-refractivity contribution in [1.82, 2.24) is 9.88 Å². The summed E-state index contributed by atoms with van der Waals surface area (Å²) in [5.41, 5.74) is 8.17. The SMILES string of the molecule is C/C=N\C(=C/N(C)C)Nc1cc(C)ncc1N. The Kier molecular flexibility index (Phi) is 4.51. The van der Waals surface area contributed by atoms with Crippen LogP contribution in [0.1, 0.15) is 12.6 Å². The second kappa shape index (κ2) is 5.89. The highest BCUT2D eigenvalue weighted by Gasteiger charge is 2.02. The van der Waals surface area contributed by atoms with Crippen molar-refractivity contribution in [3.63, 3.8) is 0 Å². The summed E-state index contributed by atoms with van der Waals surface area (Å²) in [6, 6.07) is 1.89. The zero-order chi connectivity index (χ0) is 12.8. The molecule has 0 atom stereocenters. The number of nitrogen functional groups attached to an aromatic ring is 1. The van der Waals surface area contributed by atoms with Crippen LogP contribution in [0.25, 0.3) is 0 Å². The number of aliphatic imine (C=N–C) groups is 1. The van der Waals surface area contributed by atoms with E-state index in [2.05, 4.69) is 15.3 Å². The van der Waals surface area contributed by atoms with Gasteiger partial charge in [0.2, 0.25) is 0 Å². The number of pyridine rings is 1. The average Bonchev–Trinajstić information content (AvgIpc) is 2.23. The lowest BCUT2D eigenvalue weighted by molar-refractivity contribution is 0.558. The fourth-order valence-corrected chi connectivity index (χ4v) is 1.30. The van der Waals surface area contributed by atoms with Crippen LogP contribution >= 0.6 is 0 Å². The van der Waals surface area contributed by atoms with Crippen molar-refractivity contribution in [3.8, 4) is 0 Å². The molecule has 0 aliphatic heterocycles. The molecular weight excluding hydrogens is 214 g/mol. The van der Waals surface area contributed by atoms with Gasteiger partial charge in [0.25, 0.3) is 0 Å². The Hall–Kier alpha value is -2.04. The van der Waals surface area contributed by atoms with Gasteiger partial charge in [0.1, 0.15) is 5.82 Å². The van der Waals surface area contributed by atoms with E-state index < -0.39 is 0 Å². The van der Waals surface area contributed by atoms with Crippen molar-refractivity contribution >= 4 is 17.6 Å². The third kappa shape index (κ3) is 4.14. The van der Waals surface area contributed by atoms with E-state index in [1.807, 2.05) is 45.1 Å². The first-order valence-electron chi connectivity index (χ1n) is 5.39. The van der Waals surface area contributed by atoms with Gasteiger partial charge in [-0.3, -0.25) is 4.98 Å². The number of aryl methyl sites for hydroxylation is 1.